The normalized spacial score (nSPS) is 14.7. The number of likely N-dealkylation sites (tertiary alicyclic amines) is 1. The Morgan fingerprint density at radius 2 is 1.82 bits per heavy atom. The Labute approximate surface area is 197 Å². The number of aromatic nitrogens is 2. The van der Waals surface area contributed by atoms with Gasteiger partial charge in [0.15, 0.2) is 5.82 Å². The van der Waals surface area contributed by atoms with Crippen molar-refractivity contribution in [2.24, 2.45) is 5.73 Å². The van der Waals surface area contributed by atoms with E-state index in [1.165, 1.54) is 5.56 Å². The maximum Gasteiger partial charge on any atom is 0.317 e. The molecule has 3 aromatic rings. The number of alkyl halides is 1. The Morgan fingerprint density at radius 3 is 2.44 bits per heavy atom. The van der Waals surface area contributed by atoms with Crippen molar-refractivity contribution in [3.05, 3.63) is 47.5 Å². The average Bonchev–Trinajstić information content (AvgIpc) is 2.84. The van der Waals surface area contributed by atoms with Crippen LogP contribution in [0.5, 0.6) is 17.4 Å². The number of benzene rings is 2. The Morgan fingerprint density at radius 1 is 1.12 bits per heavy atom. The van der Waals surface area contributed by atoms with Gasteiger partial charge in [-0.1, -0.05) is 12.1 Å². The van der Waals surface area contributed by atoms with Crippen molar-refractivity contribution in [1.29, 1.82) is 0 Å². The van der Waals surface area contributed by atoms with Crippen molar-refractivity contribution < 1.29 is 23.4 Å². The summed E-state index contributed by atoms with van der Waals surface area (Å²) in [7, 11) is 3.24. The molecule has 0 spiro atoms. The Balaban J connectivity index is 1.57. The highest BCUT2D eigenvalue weighted by atomic mass is 19.1. The molecule has 1 saturated heterocycles. The summed E-state index contributed by atoms with van der Waals surface area (Å²) in [5.74, 6) is 1.54. The van der Waals surface area contributed by atoms with E-state index in [9.17, 15) is 9.18 Å². The first-order chi connectivity index (χ1) is 16.5. The van der Waals surface area contributed by atoms with Gasteiger partial charge in [-0.3, -0.25) is 10.2 Å². The number of nitrogens with two attached hydrogens (primary N) is 1. The smallest absolute Gasteiger partial charge is 0.317 e. The van der Waals surface area contributed by atoms with Gasteiger partial charge >= 0.3 is 6.03 Å². The molecule has 0 bridgehead atoms. The van der Waals surface area contributed by atoms with Crippen molar-refractivity contribution in [3.8, 4) is 17.4 Å². The van der Waals surface area contributed by atoms with Crippen LogP contribution in [0, 0.1) is 0 Å². The van der Waals surface area contributed by atoms with E-state index < -0.39 is 12.9 Å². The van der Waals surface area contributed by atoms with Gasteiger partial charge in [0.05, 0.1) is 25.3 Å². The Hall–Kier alpha value is -3.66. The van der Waals surface area contributed by atoms with E-state index in [-0.39, 0.29) is 17.6 Å². The number of anilines is 1. The molecule has 0 radical (unpaired) electrons. The summed E-state index contributed by atoms with van der Waals surface area (Å²) < 4.78 is 28.7. The number of methoxy groups -OCH3 is 2. The number of piperidine rings is 1. The van der Waals surface area contributed by atoms with E-state index in [1.807, 2.05) is 18.2 Å². The number of primary amides is 1. The van der Waals surface area contributed by atoms with Crippen LogP contribution in [0.1, 0.15) is 29.9 Å². The zero-order valence-corrected chi connectivity index (χ0v) is 19.2. The van der Waals surface area contributed by atoms with Crippen LogP contribution in [0.3, 0.4) is 0 Å². The first-order valence-electron chi connectivity index (χ1n) is 11.0. The third-order valence-electron chi connectivity index (χ3n) is 6.00. The van der Waals surface area contributed by atoms with Crippen LogP contribution in [-0.4, -0.2) is 55.1 Å². The molecular weight excluding hydrogens is 441 g/mol. The highest BCUT2D eigenvalue weighted by Gasteiger charge is 2.25. The number of nitrogens with one attached hydrogen (secondary N) is 1. The van der Waals surface area contributed by atoms with Crippen molar-refractivity contribution in [3.63, 3.8) is 0 Å². The molecule has 4 rings (SSSR count). The van der Waals surface area contributed by atoms with Gasteiger partial charge in [-0.2, -0.15) is 0 Å². The first-order valence-corrected chi connectivity index (χ1v) is 11.0. The summed E-state index contributed by atoms with van der Waals surface area (Å²) >= 11 is 0. The SMILES string of the molecule is COc1ccc(CN2CCC(c3cc(OC)cc4nc(NC(N)=O)c(OCF)nc34)CC2)cc1. The van der Waals surface area contributed by atoms with Crippen LogP contribution in [0.4, 0.5) is 15.0 Å². The third-order valence-corrected chi connectivity index (χ3v) is 6.00. The minimum absolute atomic E-state index is 0.0360. The van der Waals surface area contributed by atoms with E-state index in [1.54, 1.807) is 20.3 Å². The number of urea groups is 1. The number of carbonyl (C=O) groups excluding carboxylic acids is 1. The van der Waals surface area contributed by atoms with Gasteiger partial charge in [0.1, 0.15) is 11.5 Å². The molecule has 9 nitrogen and oxygen atoms in total. The number of nitrogens with zero attached hydrogens (tertiary/aromatic N) is 3. The molecule has 1 aliphatic rings. The lowest BCUT2D eigenvalue weighted by Gasteiger charge is -2.32. The molecule has 3 N–H and O–H groups in total. The topological polar surface area (TPSA) is 112 Å². The second kappa shape index (κ2) is 10.5. The number of rotatable bonds is 8. The predicted molar refractivity (Wildman–Crippen MR) is 126 cm³/mol. The number of hydrogen-bond donors (Lipinski definition) is 2. The molecule has 0 aliphatic carbocycles. The largest absolute Gasteiger partial charge is 0.497 e. The second-order valence-electron chi connectivity index (χ2n) is 8.10. The molecule has 2 aromatic carbocycles. The fourth-order valence-electron chi connectivity index (χ4n) is 4.31. The fraction of sp³-hybridized carbons (Fsp3) is 0.375. The van der Waals surface area contributed by atoms with Crippen molar-refractivity contribution in [2.45, 2.75) is 25.3 Å². The average molecular weight is 470 g/mol. The molecule has 1 aromatic heterocycles. The summed E-state index contributed by atoms with van der Waals surface area (Å²) in [5.41, 5.74) is 8.51. The van der Waals surface area contributed by atoms with Crippen molar-refractivity contribution in [2.75, 3.05) is 39.5 Å². The van der Waals surface area contributed by atoms with Gasteiger partial charge in [0.2, 0.25) is 6.86 Å². The van der Waals surface area contributed by atoms with Crippen LogP contribution >= 0.6 is 0 Å². The summed E-state index contributed by atoms with van der Waals surface area (Å²) in [6.07, 6.45) is 1.83. The van der Waals surface area contributed by atoms with Crippen LogP contribution in [0.2, 0.25) is 0 Å². The molecule has 1 aliphatic heterocycles. The first kappa shape index (κ1) is 23.5. The molecule has 0 unspecified atom stereocenters. The zero-order chi connectivity index (χ0) is 24.1. The third kappa shape index (κ3) is 5.28. The second-order valence-corrected chi connectivity index (χ2v) is 8.10. The van der Waals surface area contributed by atoms with Crippen LogP contribution < -0.4 is 25.3 Å². The predicted octanol–water partition coefficient (Wildman–Crippen LogP) is 3.82. The highest BCUT2D eigenvalue weighted by Crippen LogP contribution is 2.37. The lowest BCUT2D eigenvalue weighted by molar-refractivity contribution is 0.185. The van der Waals surface area contributed by atoms with Gasteiger partial charge in [-0.25, -0.2) is 19.2 Å². The van der Waals surface area contributed by atoms with Crippen LogP contribution in [0.25, 0.3) is 11.0 Å². The molecule has 2 heterocycles. The summed E-state index contributed by atoms with van der Waals surface area (Å²) in [5, 5.41) is 2.34. The number of halogens is 1. The maximum atomic E-state index is 13.0. The molecule has 1 fully saturated rings. The van der Waals surface area contributed by atoms with Gasteiger partial charge < -0.3 is 19.9 Å². The Kier molecular flexibility index (Phi) is 7.27. The molecule has 0 atom stereocenters. The van der Waals surface area contributed by atoms with Gasteiger partial charge in [-0.15, -0.1) is 0 Å². The number of hydrogen-bond acceptors (Lipinski definition) is 7. The minimum atomic E-state index is -1.11. The lowest BCUT2D eigenvalue weighted by Crippen LogP contribution is -2.32. The van der Waals surface area contributed by atoms with E-state index in [4.69, 9.17) is 19.9 Å². The fourth-order valence-corrected chi connectivity index (χ4v) is 4.31. The molecule has 2 amide bonds. The van der Waals surface area contributed by atoms with Gasteiger partial charge in [0, 0.05) is 12.6 Å². The summed E-state index contributed by atoms with van der Waals surface area (Å²) in [6, 6.07) is 10.9. The standard InChI is InChI=1S/C24H28FN5O4/c1-32-17-5-3-15(4-6-17)13-30-9-7-16(8-10-30)19-11-18(33-2)12-20-21(19)28-23(34-14-25)22(27-20)29-24(26)31/h3-6,11-12,16H,7-10,13-14H2,1-2H3,(H3,26,27,29,31). The minimum Gasteiger partial charge on any atom is -0.497 e. The molecule has 180 valence electrons. The van der Waals surface area contributed by atoms with Gasteiger partial charge in [-0.05, 0) is 61.2 Å². The molecule has 34 heavy (non-hydrogen) atoms. The van der Waals surface area contributed by atoms with E-state index in [0.29, 0.717) is 16.8 Å². The highest BCUT2D eigenvalue weighted by molar-refractivity contribution is 5.90. The molecule has 10 heteroatoms. The van der Waals surface area contributed by atoms with E-state index >= 15 is 0 Å². The summed E-state index contributed by atoms with van der Waals surface area (Å²) in [6.45, 7) is 1.59. The quantitative estimate of drug-likeness (QED) is 0.516. The van der Waals surface area contributed by atoms with Crippen LogP contribution in [0.15, 0.2) is 36.4 Å². The van der Waals surface area contributed by atoms with Crippen molar-refractivity contribution >= 4 is 22.9 Å². The number of carbonyl (C=O) groups is 1. The number of amides is 2. The Bertz CT molecular complexity index is 1150. The van der Waals surface area contributed by atoms with Crippen molar-refractivity contribution in [1.82, 2.24) is 14.9 Å². The monoisotopic (exact) mass is 469 g/mol. The summed E-state index contributed by atoms with van der Waals surface area (Å²) in [4.78, 5) is 22.7. The lowest BCUT2D eigenvalue weighted by atomic mass is 9.88. The number of ether oxygens (including phenoxy) is 3. The van der Waals surface area contributed by atoms with Crippen LogP contribution in [-0.2, 0) is 6.54 Å². The molecular formula is C24H28FN5O4. The maximum absolute atomic E-state index is 13.0. The molecule has 0 saturated carbocycles. The van der Waals surface area contributed by atoms with E-state index in [0.717, 1.165) is 43.8 Å². The van der Waals surface area contributed by atoms with Gasteiger partial charge in [0.25, 0.3) is 5.88 Å². The zero-order valence-electron chi connectivity index (χ0n) is 19.2. The van der Waals surface area contributed by atoms with E-state index in [2.05, 4.69) is 32.3 Å². The number of fused-ring (bicyclic) bond motifs is 1.